The standard InChI is InChI=1S/C15H18F3NO2S/c16-12-2-1-3-13(8-12)22(20,21)14(9-15(17,18)10-14)11-4-6-19-7-5-11/h1-3,8,11,19H,4-7,9-10H2. The number of sulfone groups is 1. The van der Waals surface area contributed by atoms with Crippen LogP contribution in [-0.2, 0) is 9.84 Å². The summed E-state index contributed by atoms with van der Waals surface area (Å²) in [6.45, 7) is 1.24. The van der Waals surface area contributed by atoms with Crippen LogP contribution in [0.4, 0.5) is 13.2 Å². The van der Waals surface area contributed by atoms with E-state index in [0.29, 0.717) is 25.9 Å². The number of rotatable bonds is 3. The summed E-state index contributed by atoms with van der Waals surface area (Å²) in [4.78, 5) is -0.193. The fraction of sp³-hybridized carbons (Fsp3) is 0.600. The van der Waals surface area contributed by atoms with E-state index in [1.54, 1.807) is 0 Å². The van der Waals surface area contributed by atoms with Crippen LogP contribution in [0, 0.1) is 11.7 Å². The molecule has 3 nitrogen and oxygen atoms in total. The third kappa shape index (κ3) is 2.44. The van der Waals surface area contributed by atoms with E-state index in [4.69, 9.17) is 0 Å². The van der Waals surface area contributed by atoms with Crippen LogP contribution in [0.5, 0.6) is 0 Å². The van der Waals surface area contributed by atoms with Crippen molar-refractivity contribution in [3.8, 4) is 0 Å². The van der Waals surface area contributed by atoms with E-state index in [-0.39, 0.29) is 10.8 Å². The van der Waals surface area contributed by atoms with Crippen molar-refractivity contribution >= 4 is 9.84 Å². The number of alkyl halides is 2. The van der Waals surface area contributed by atoms with Gasteiger partial charge < -0.3 is 5.32 Å². The number of benzene rings is 1. The Labute approximate surface area is 127 Å². The van der Waals surface area contributed by atoms with Gasteiger partial charge in [0.25, 0.3) is 5.92 Å². The maximum Gasteiger partial charge on any atom is 0.251 e. The van der Waals surface area contributed by atoms with Gasteiger partial charge in [0.15, 0.2) is 9.84 Å². The fourth-order valence-electron chi connectivity index (χ4n) is 3.74. The van der Waals surface area contributed by atoms with Crippen LogP contribution in [-0.4, -0.2) is 32.2 Å². The number of halogens is 3. The molecule has 2 fully saturated rings. The van der Waals surface area contributed by atoms with Gasteiger partial charge in [-0.25, -0.2) is 21.6 Å². The Hall–Kier alpha value is -1.08. The van der Waals surface area contributed by atoms with Gasteiger partial charge in [-0.15, -0.1) is 0 Å². The Morgan fingerprint density at radius 3 is 2.32 bits per heavy atom. The maximum atomic E-state index is 13.6. The first-order chi connectivity index (χ1) is 10.3. The molecule has 22 heavy (non-hydrogen) atoms. The number of nitrogens with one attached hydrogen (secondary N) is 1. The third-order valence-electron chi connectivity index (χ3n) is 4.84. The molecule has 1 aromatic rings. The predicted octanol–water partition coefficient (Wildman–Crippen LogP) is 2.77. The molecular weight excluding hydrogens is 315 g/mol. The largest absolute Gasteiger partial charge is 0.317 e. The lowest BCUT2D eigenvalue weighted by molar-refractivity contribution is -0.115. The fourth-order valence-corrected chi connectivity index (χ4v) is 6.21. The van der Waals surface area contributed by atoms with Gasteiger partial charge in [0, 0.05) is 12.8 Å². The first-order valence-corrected chi connectivity index (χ1v) is 8.84. The Bertz CT molecular complexity index is 661. The lowest BCUT2D eigenvalue weighted by Gasteiger charge is -2.52. The van der Waals surface area contributed by atoms with E-state index in [2.05, 4.69) is 5.32 Å². The number of piperidine rings is 1. The molecule has 0 aromatic heterocycles. The molecule has 122 valence electrons. The van der Waals surface area contributed by atoms with E-state index in [0.717, 1.165) is 12.1 Å². The van der Waals surface area contributed by atoms with Crippen molar-refractivity contribution in [2.24, 2.45) is 5.92 Å². The van der Waals surface area contributed by atoms with E-state index < -0.39 is 39.2 Å². The molecule has 1 aromatic carbocycles. The van der Waals surface area contributed by atoms with Gasteiger partial charge >= 0.3 is 0 Å². The molecule has 7 heteroatoms. The van der Waals surface area contributed by atoms with E-state index >= 15 is 0 Å². The van der Waals surface area contributed by atoms with Crippen molar-refractivity contribution in [3.05, 3.63) is 30.1 Å². The number of hydrogen-bond acceptors (Lipinski definition) is 3. The van der Waals surface area contributed by atoms with Gasteiger partial charge in [-0.3, -0.25) is 0 Å². The summed E-state index contributed by atoms with van der Waals surface area (Å²) < 4.78 is 64.9. The van der Waals surface area contributed by atoms with Crippen LogP contribution in [0.3, 0.4) is 0 Å². The summed E-state index contributed by atoms with van der Waals surface area (Å²) in [5.74, 6) is -3.94. The van der Waals surface area contributed by atoms with Crippen LogP contribution in [0.1, 0.15) is 25.7 Å². The molecule has 2 aliphatic rings. The minimum Gasteiger partial charge on any atom is -0.317 e. The summed E-state index contributed by atoms with van der Waals surface area (Å²) in [6, 6.07) is 4.66. The van der Waals surface area contributed by atoms with Gasteiger partial charge in [-0.2, -0.15) is 0 Å². The summed E-state index contributed by atoms with van der Waals surface area (Å²) in [7, 11) is -4.00. The third-order valence-corrected chi connectivity index (χ3v) is 7.41. The quantitative estimate of drug-likeness (QED) is 0.925. The van der Waals surface area contributed by atoms with Gasteiger partial charge in [-0.1, -0.05) is 6.07 Å². The second-order valence-corrected chi connectivity index (χ2v) is 8.55. The van der Waals surface area contributed by atoms with Crippen molar-refractivity contribution in [1.29, 1.82) is 0 Å². The first kappa shape index (κ1) is 15.8. The Balaban J connectivity index is 2.02. The highest BCUT2D eigenvalue weighted by atomic mass is 32.2. The zero-order chi connectivity index (χ0) is 16.0. The summed E-state index contributed by atoms with van der Waals surface area (Å²) in [5.41, 5.74) is 0. The van der Waals surface area contributed by atoms with Gasteiger partial charge in [0.05, 0.1) is 9.64 Å². The minimum atomic E-state index is -4.00. The maximum absolute atomic E-state index is 13.6. The molecule has 0 amide bonds. The lowest BCUT2D eigenvalue weighted by Crippen LogP contribution is -2.62. The molecule has 0 radical (unpaired) electrons. The Kier molecular flexibility index (Phi) is 3.76. The molecule has 0 unspecified atom stereocenters. The smallest absolute Gasteiger partial charge is 0.251 e. The van der Waals surface area contributed by atoms with Crippen molar-refractivity contribution in [2.75, 3.05) is 13.1 Å². The summed E-state index contributed by atoms with van der Waals surface area (Å²) >= 11 is 0. The SMILES string of the molecule is O=S(=O)(c1cccc(F)c1)C1(C2CCNCC2)CC(F)(F)C1. The highest BCUT2D eigenvalue weighted by Crippen LogP contribution is 2.57. The zero-order valence-corrected chi connectivity index (χ0v) is 12.8. The first-order valence-electron chi connectivity index (χ1n) is 7.36. The monoisotopic (exact) mass is 333 g/mol. The molecule has 0 bridgehead atoms. The molecule has 1 saturated heterocycles. The topological polar surface area (TPSA) is 46.2 Å². The molecule has 0 atom stereocenters. The lowest BCUT2D eigenvalue weighted by atomic mass is 9.69. The molecule has 1 N–H and O–H groups in total. The average molecular weight is 333 g/mol. The van der Waals surface area contributed by atoms with Crippen LogP contribution in [0.15, 0.2) is 29.2 Å². The Morgan fingerprint density at radius 1 is 1.14 bits per heavy atom. The second kappa shape index (κ2) is 5.23. The highest BCUT2D eigenvalue weighted by molar-refractivity contribution is 7.93. The van der Waals surface area contributed by atoms with Gasteiger partial charge in [0.2, 0.25) is 0 Å². The molecule has 1 heterocycles. The minimum absolute atomic E-state index is 0.193. The number of hydrogen-bond donors (Lipinski definition) is 1. The normalized spacial score (nSPS) is 24.7. The van der Waals surface area contributed by atoms with Crippen LogP contribution in [0.25, 0.3) is 0 Å². The van der Waals surface area contributed by atoms with Crippen molar-refractivity contribution < 1.29 is 21.6 Å². The van der Waals surface area contributed by atoms with Gasteiger partial charge in [-0.05, 0) is 50.0 Å². The van der Waals surface area contributed by atoms with Crippen molar-refractivity contribution in [2.45, 2.75) is 41.2 Å². The second-order valence-electron chi connectivity index (χ2n) is 6.26. The van der Waals surface area contributed by atoms with Crippen LogP contribution >= 0.6 is 0 Å². The average Bonchev–Trinajstić information content (AvgIpc) is 2.45. The summed E-state index contributed by atoms with van der Waals surface area (Å²) in [6.07, 6.45) is -0.234. The molecule has 3 rings (SSSR count). The van der Waals surface area contributed by atoms with Crippen molar-refractivity contribution in [3.63, 3.8) is 0 Å². The van der Waals surface area contributed by atoms with Crippen LogP contribution < -0.4 is 5.32 Å². The van der Waals surface area contributed by atoms with E-state index in [1.807, 2.05) is 0 Å². The zero-order valence-electron chi connectivity index (χ0n) is 12.0. The molecule has 1 aliphatic carbocycles. The van der Waals surface area contributed by atoms with E-state index in [9.17, 15) is 21.6 Å². The van der Waals surface area contributed by atoms with Gasteiger partial charge in [0.1, 0.15) is 5.82 Å². The highest BCUT2D eigenvalue weighted by Gasteiger charge is 2.66. The molecule has 1 aliphatic heterocycles. The predicted molar refractivity (Wildman–Crippen MR) is 76.1 cm³/mol. The molecule has 1 saturated carbocycles. The van der Waals surface area contributed by atoms with Crippen LogP contribution in [0.2, 0.25) is 0 Å². The Morgan fingerprint density at radius 2 is 1.77 bits per heavy atom. The van der Waals surface area contributed by atoms with E-state index in [1.165, 1.54) is 12.1 Å². The summed E-state index contributed by atoms with van der Waals surface area (Å²) in [5, 5.41) is 3.11. The van der Waals surface area contributed by atoms with Crippen molar-refractivity contribution in [1.82, 2.24) is 5.32 Å². The molecule has 0 spiro atoms. The molecular formula is C15H18F3NO2S.